The average molecular weight is 480 g/mol. The van der Waals surface area contributed by atoms with Gasteiger partial charge in [-0.2, -0.15) is 0 Å². The van der Waals surface area contributed by atoms with Gasteiger partial charge in [0.05, 0.1) is 34.8 Å². The number of carboxylic acid groups (broad SMARTS) is 1. The molecule has 0 fully saturated rings. The molecule has 0 bridgehead atoms. The minimum Gasteiger partial charge on any atom is -0.480 e. The van der Waals surface area contributed by atoms with Gasteiger partial charge in [0.1, 0.15) is 0 Å². The van der Waals surface area contributed by atoms with E-state index in [4.69, 9.17) is 28.0 Å². The Kier molecular flexibility index (Phi) is 7.95. The van der Waals surface area contributed by atoms with Crippen molar-refractivity contribution in [2.45, 2.75) is 31.8 Å². The molecule has 8 nitrogen and oxygen atoms in total. The van der Waals surface area contributed by atoms with Crippen LogP contribution in [0.4, 0.5) is 4.79 Å². The molecular formula is C22H23Cl2N3O5. The third kappa shape index (κ3) is 5.32. The van der Waals surface area contributed by atoms with Gasteiger partial charge in [-0.05, 0) is 43.0 Å². The molecule has 32 heavy (non-hydrogen) atoms. The molecule has 1 aliphatic carbocycles. The van der Waals surface area contributed by atoms with E-state index in [1.54, 1.807) is 13.0 Å². The highest BCUT2D eigenvalue weighted by atomic mass is 35.5. The Morgan fingerprint density at radius 3 is 2.50 bits per heavy atom. The lowest BCUT2D eigenvalue weighted by atomic mass is 10.1. The Labute approximate surface area is 195 Å². The first-order chi connectivity index (χ1) is 15.3. The Morgan fingerprint density at radius 1 is 1.16 bits per heavy atom. The molecule has 0 radical (unpaired) electrons. The van der Waals surface area contributed by atoms with E-state index in [1.165, 1.54) is 17.7 Å². The molecule has 10 heteroatoms. The van der Waals surface area contributed by atoms with Crippen molar-refractivity contribution in [3.8, 4) is 0 Å². The highest BCUT2D eigenvalue weighted by Crippen LogP contribution is 2.30. The predicted octanol–water partition coefficient (Wildman–Crippen LogP) is 3.83. The van der Waals surface area contributed by atoms with Crippen LogP contribution in [0.3, 0.4) is 0 Å². The highest BCUT2D eigenvalue weighted by Gasteiger charge is 2.34. The van der Waals surface area contributed by atoms with Crippen LogP contribution in [-0.4, -0.2) is 47.3 Å². The normalized spacial score (nSPS) is 15.5. The standard InChI is InChI=1S/C22H23Cl2N3O5/c1-2-32-27(20(28)19-15(23)8-5-9-16(19)24)18(21(29)30)12-25-22(31)26-17-11-10-13-6-3-4-7-14(13)17/h3-9,17-18H,2,10-12H2,1H3,(H,29,30)(H2,25,26,31)/t17-,18?/m1/s1. The van der Waals surface area contributed by atoms with Gasteiger partial charge >= 0.3 is 12.0 Å². The van der Waals surface area contributed by atoms with Crippen molar-refractivity contribution in [2.24, 2.45) is 0 Å². The molecule has 0 aliphatic heterocycles. The van der Waals surface area contributed by atoms with Gasteiger partial charge in [0.15, 0.2) is 6.04 Å². The monoisotopic (exact) mass is 479 g/mol. The van der Waals surface area contributed by atoms with Crippen molar-refractivity contribution >= 4 is 41.1 Å². The Bertz CT molecular complexity index is 997. The number of amides is 3. The van der Waals surface area contributed by atoms with Crippen molar-refractivity contribution in [1.82, 2.24) is 15.7 Å². The molecule has 0 aromatic heterocycles. The number of aliphatic carboxylic acids is 1. The summed E-state index contributed by atoms with van der Waals surface area (Å²) in [7, 11) is 0. The molecule has 170 valence electrons. The van der Waals surface area contributed by atoms with Crippen molar-refractivity contribution < 1.29 is 24.3 Å². The topological polar surface area (TPSA) is 108 Å². The number of hydrogen-bond donors (Lipinski definition) is 3. The van der Waals surface area contributed by atoms with Crippen LogP contribution in [0.2, 0.25) is 10.0 Å². The first kappa shape index (κ1) is 23.8. The summed E-state index contributed by atoms with van der Waals surface area (Å²) in [4.78, 5) is 42.7. The number of fused-ring (bicyclic) bond motifs is 1. The summed E-state index contributed by atoms with van der Waals surface area (Å²) in [5, 5.41) is 15.9. The number of nitrogens with one attached hydrogen (secondary N) is 2. The fourth-order valence-corrected chi connectivity index (χ4v) is 4.18. The van der Waals surface area contributed by atoms with Crippen LogP contribution in [0.25, 0.3) is 0 Å². The second-order valence-electron chi connectivity index (χ2n) is 7.14. The lowest BCUT2D eigenvalue weighted by Crippen LogP contribution is -2.52. The zero-order valence-corrected chi connectivity index (χ0v) is 18.8. The maximum Gasteiger partial charge on any atom is 0.330 e. The summed E-state index contributed by atoms with van der Waals surface area (Å²) in [6.07, 6.45) is 1.60. The van der Waals surface area contributed by atoms with Gasteiger partial charge < -0.3 is 15.7 Å². The molecule has 1 aliphatic rings. The maximum absolute atomic E-state index is 13.0. The van der Waals surface area contributed by atoms with E-state index in [-0.39, 0.29) is 34.8 Å². The van der Waals surface area contributed by atoms with Crippen molar-refractivity contribution in [3.05, 3.63) is 69.2 Å². The molecule has 3 amide bonds. The fraction of sp³-hybridized carbons (Fsp3) is 0.318. The van der Waals surface area contributed by atoms with E-state index < -0.39 is 23.9 Å². The van der Waals surface area contributed by atoms with Crippen molar-refractivity contribution in [3.63, 3.8) is 0 Å². The maximum atomic E-state index is 13.0. The quantitative estimate of drug-likeness (QED) is 0.498. The molecule has 0 saturated heterocycles. The third-order valence-corrected chi connectivity index (χ3v) is 5.74. The summed E-state index contributed by atoms with van der Waals surface area (Å²) >= 11 is 12.2. The van der Waals surface area contributed by atoms with Crippen LogP contribution < -0.4 is 10.6 Å². The number of carboxylic acids is 1. The first-order valence-corrected chi connectivity index (χ1v) is 10.8. The van der Waals surface area contributed by atoms with Crippen LogP contribution in [0.5, 0.6) is 0 Å². The van der Waals surface area contributed by atoms with Gasteiger partial charge in [-0.25, -0.2) is 14.7 Å². The predicted molar refractivity (Wildman–Crippen MR) is 120 cm³/mol. The van der Waals surface area contributed by atoms with Crippen LogP contribution in [0, 0.1) is 0 Å². The number of rotatable bonds is 8. The summed E-state index contributed by atoms with van der Waals surface area (Å²) in [6, 6.07) is 10.1. The van der Waals surface area contributed by atoms with Crippen LogP contribution in [-0.2, 0) is 16.1 Å². The van der Waals surface area contributed by atoms with E-state index in [9.17, 15) is 19.5 Å². The van der Waals surface area contributed by atoms with E-state index in [1.807, 2.05) is 24.3 Å². The SMILES string of the molecule is CCON(C(=O)c1c(Cl)cccc1Cl)C(CNC(=O)N[C@@H]1CCc2ccccc21)C(=O)O. The number of carbonyl (C=O) groups excluding carboxylic acids is 2. The van der Waals surface area contributed by atoms with E-state index in [0.717, 1.165) is 18.4 Å². The molecule has 0 spiro atoms. The number of nitrogens with zero attached hydrogens (tertiary/aromatic N) is 1. The minimum atomic E-state index is -1.50. The number of hydroxylamine groups is 2. The van der Waals surface area contributed by atoms with Gasteiger partial charge in [-0.15, -0.1) is 0 Å². The Morgan fingerprint density at radius 2 is 1.84 bits per heavy atom. The molecule has 0 heterocycles. The molecule has 3 rings (SSSR count). The molecule has 2 aromatic rings. The number of benzene rings is 2. The van der Waals surface area contributed by atoms with E-state index in [2.05, 4.69) is 10.6 Å². The summed E-state index contributed by atoms with van der Waals surface area (Å²) in [5.41, 5.74) is 2.13. The lowest BCUT2D eigenvalue weighted by molar-refractivity contribution is -0.173. The second-order valence-corrected chi connectivity index (χ2v) is 7.96. The van der Waals surface area contributed by atoms with Crippen molar-refractivity contribution in [1.29, 1.82) is 0 Å². The number of hydrogen-bond acceptors (Lipinski definition) is 4. The van der Waals surface area contributed by atoms with E-state index >= 15 is 0 Å². The molecule has 3 N–H and O–H groups in total. The highest BCUT2D eigenvalue weighted by molar-refractivity contribution is 6.39. The van der Waals surface area contributed by atoms with Gasteiger partial charge in [-0.1, -0.05) is 53.5 Å². The van der Waals surface area contributed by atoms with Gasteiger partial charge in [0.25, 0.3) is 5.91 Å². The number of halogens is 2. The number of urea groups is 1. The molecule has 0 saturated carbocycles. The molecule has 2 aromatic carbocycles. The Hall–Kier alpha value is -2.81. The van der Waals surface area contributed by atoms with Crippen molar-refractivity contribution in [2.75, 3.05) is 13.2 Å². The van der Waals surface area contributed by atoms with Crippen LogP contribution in [0.15, 0.2) is 42.5 Å². The largest absolute Gasteiger partial charge is 0.480 e. The molecule has 2 atom stereocenters. The molecular weight excluding hydrogens is 457 g/mol. The van der Waals surface area contributed by atoms with Gasteiger partial charge in [0.2, 0.25) is 0 Å². The lowest BCUT2D eigenvalue weighted by Gasteiger charge is -2.28. The first-order valence-electron chi connectivity index (χ1n) is 10.1. The Balaban J connectivity index is 1.71. The second kappa shape index (κ2) is 10.7. The smallest absolute Gasteiger partial charge is 0.330 e. The molecule has 1 unspecified atom stereocenters. The minimum absolute atomic E-state index is 0.0165. The third-order valence-electron chi connectivity index (χ3n) is 5.11. The zero-order valence-electron chi connectivity index (χ0n) is 17.3. The fourth-order valence-electron chi connectivity index (χ4n) is 3.62. The number of carbonyl (C=O) groups is 3. The zero-order chi connectivity index (χ0) is 23.3. The summed E-state index contributed by atoms with van der Waals surface area (Å²) < 4.78 is 0. The summed E-state index contributed by atoms with van der Waals surface area (Å²) in [5.74, 6) is -2.18. The van der Waals surface area contributed by atoms with Gasteiger partial charge in [-0.3, -0.25) is 9.63 Å². The summed E-state index contributed by atoms with van der Waals surface area (Å²) in [6.45, 7) is 1.23. The van der Waals surface area contributed by atoms with E-state index in [0.29, 0.717) is 5.06 Å². The van der Waals surface area contributed by atoms with Crippen LogP contribution in [0.1, 0.15) is 40.9 Å². The van der Waals surface area contributed by atoms with Gasteiger partial charge in [0, 0.05) is 0 Å². The average Bonchev–Trinajstić information content (AvgIpc) is 3.15. The number of aryl methyl sites for hydroxylation is 1. The van der Waals surface area contributed by atoms with Crippen LogP contribution >= 0.6 is 23.2 Å².